The van der Waals surface area contributed by atoms with Crippen LogP contribution in [0.25, 0.3) is 0 Å². The van der Waals surface area contributed by atoms with Crippen molar-refractivity contribution in [2.45, 2.75) is 18.3 Å². The van der Waals surface area contributed by atoms with Crippen LogP contribution < -0.4 is 4.74 Å². The molecule has 19 heavy (non-hydrogen) atoms. The monoisotopic (exact) mass is 286 g/mol. The molecule has 0 amide bonds. The Morgan fingerprint density at radius 1 is 1.21 bits per heavy atom. The van der Waals surface area contributed by atoms with Gasteiger partial charge in [0.1, 0.15) is 12.0 Å². The van der Waals surface area contributed by atoms with Crippen LogP contribution in [-0.4, -0.2) is 31.2 Å². The van der Waals surface area contributed by atoms with Crippen LogP contribution in [0, 0.1) is 0 Å². The Balaban J connectivity index is 2.77. The van der Waals surface area contributed by atoms with Gasteiger partial charge in [-0.05, 0) is 12.1 Å². The van der Waals surface area contributed by atoms with Crippen LogP contribution in [0.3, 0.4) is 0 Å². The first-order valence-electron chi connectivity index (χ1n) is 4.92. The summed E-state index contributed by atoms with van der Waals surface area (Å²) < 4.78 is 78.8. The van der Waals surface area contributed by atoms with Crippen LogP contribution in [0.1, 0.15) is 10.4 Å². The Kier molecular flexibility index (Phi) is 4.43. The number of hydrogen-bond acceptors (Lipinski definition) is 2. The van der Waals surface area contributed by atoms with Gasteiger partial charge in [-0.25, -0.2) is 8.78 Å². The van der Waals surface area contributed by atoms with E-state index in [0.717, 1.165) is 12.1 Å². The summed E-state index contributed by atoms with van der Waals surface area (Å²) in [6.07, 6.45) is -4.12. The van der Waals surface area contributed by atoms with Gasteiger partial charge in [-0.1, -0.05) is 12.1 Å². The molecule has 8 heteroatoms. The standard InChI is InChI=1S/C11H8F6O2/c12-9(13)11(16,17)10(14,15)6-19-8-3-1-2-7(4-8)5-18/h1-5,9H,6H2. The molecular formula is C11H8F6O2. The molecule has 0 aliphatic carbocycles. The number of rotatable bonds is 6. The van der Waals surface area contributed by atoms with Crippen LogP contribution in [-0.2, 0) is 0 Å². The molecule has 1 aromatic rings. The average Bonchev–Trinajstić information content (AvgIpc) is 2.36. The molecular weight excluding hydrogens is 278 g/mol. The molecule has 0 radical (unpaired) electrons. The molecule has 0 spiro atoms. The molecule has 0 aliphatic heterocycles. The zero-order valence-electron chi connectivity index (χ0n) is 9.26. The predicted octanol–water partition coefficient (Wildman–Crippen LogP) is 3.41. The van der Waals surface area contributed by atoms with E-state index >= 15 is 0 Å². The highest BCUT2D eigenvalue weighted by atomic mass is 19.3. The molecule has 0 bridgehead atoms. The second kappa shape index (κ2) is 5.50. The second-order valence-electron chi connectivity index (χ2n) is 3.61. The van der Waals surface area contributed by atoms with E-state index in [0.29, 0.717) is 6.29 Å². The van der Waals surface area contributed by atoms with E-state index in [2.05, 4.69) is 4.74 Å². The van der Waals surface area contributed by atoms with Crippen LogP contribution in [0.2, 0.25) is 0 Å². The summed E-state index contributed by atoms with van der Waals surface area (Å²) in [6, 6.07) is 4.74. The summed E-state index contributed by atoms with van der Waals surface area (Å²) in [7, 11) is 0. The maximum absolute atomic E-state index is 12.9. The molecule has 2 nitrogen and oxygen atoms in total. The fourth-order valence-corrected chi connectivity index (χ4v) is 1.11. The van der Waals surface area contributed by atoms with Gasteiger partial charge in [0.05, 0.1) is 0 Å². The van der Waals surface area contributed by atoms with Crippen molar-refractivity contribution in [3.63, 3.8) is 0 Å². The Hall–Kier alpha value is -1.73. The minimum absolute atomic E-state index is 0.0708. The van der Waals surface area contributed by atoms with Gasteiger partial charge in [0.2, 0.25) is 0 Å². The number of carbonyl (C=O) groups is 1. The number of hydrogen-bond donors (Lipinski definition) is 0. The molecule has 1 rings (SSSR count). The van der Waals surface area contributed by atoms with E-state index in [4.69, 9.17) is 0 Å². The SMILES string of the molecule is O=Cc1cccc(OCC(F)(F)C(F)(F)C(F)F)c1. The summed E-state index contributed by atoms with van der Waals surface area (Å²) in [5.74, 6) is -10.8. The highest BCUT2D eigenvalue weighted by Crippen LogP contribution is 2.39. The van der Waals surface area contributed by atoms with E-state index in [-0.39, 0.29) is 11.3 Å². The molecule has 0 saturated heterocycles. The van der Waals surface area contributed by atoms with E-state index < -0.39 is 24.9 Å². The number of halogens is 6. The largest absolute Gasteiger partial charge is 0.487 e. The Morgan fingerprint density at radius 2 is 1.84 bits per heavy atom. The van der Waals surface area contributed by atoms with Crippen LogP contribution in [0.15, 0.2) is 24.3 Å². The normalized spacial score (nSPS) is 12.6. The van der Waals surface area contributed by atoms with Crippen LogP contribution in [0.4, 0.5) is 26.3 Å². The van der Waals surface area contributed by atoms with Gasteiger partial charge < -0.3 is 4.74 Å². The number of ether oxygens (including phenoxy) is 1. The molecule has 0 aromatic heterocycles. The number of alkyl halides is 6. The van der Waals surface area contributed by atoms with Crippen molar-refractivity contribution in [1.29, 1.82) is 0 Å². The van der Waals surface area contributed by atoms with Crippen molar-refractivity contribution in [3.8, 4) is 5.75 Å². The number of aldehydes is 1. The van der Waals surface area contributed by atoms with E-state index in [1.165, 1.54) is 12.1 Å². The molecule has 0 fully saturated rings. The van der Waals surface area contributed by atoms with Gasteiger partial charge in [0.15, 0.2) is 6.61 Å². The van der Waals surface area contributed by atoms with Crippen molar-refractivity contribution in [3.05, 3.63) is 29.8 Å². The maximum Gasteiger partial charge on any atom is 0.372 e. The first-order chi connectivity index (χ1) is 8.70. The smallest absolute Gasteiger partial charge is 0.372 e. The van der Waals surface area contributed by atoms with Crippen molar-refractivity contribution in [2.75, 3.05) is 6.61 Å². The topological polar surface area (TPSA) is 26.3 Å². The average molecular weight is 286 g/mol. The minimum atomic E-state index is -5.49. The molecule has 0 N–H and O–H groups in total. The van der Waals surface area contributed by atoms with Gasteiger partial charge >= 0.3 is 18.3 Å². The molecule has 106 valence electrons. The third-order valence-corrected chi connectivity index (χ3v) is 2.18. The summed E-state index contributed by atoms with van der Waals surface area (Å²) in [6.45, 7) is -1.92. The van der Waals surface area contributed by atoms with Crippen molar-refractivity contribution >= 4 is 6.29 Å². The molecule has 1 aromatic carbocycles. The summed E-state index contributed by atoms with van der Waals surface area (Å²) in [5.41, 5.74) is 0.0708. The van der Waals surface area contributed by atoms with Crippen molar-refractivity contribution < 1.29 is 35.9 Å². The Morgan fingerprint density at radius 3 is 2.37 bits per heavy atom. The van der Waals surface area contributed by atoms with Gasteiger partial charge in [-0.15, -0.1) is 0 Å². The highest BCUT2D eigenvalue weighted by Gasteiger charge is 2.63. The molecule has 0 aliphatic rings. The Labute approximate surface area is 104 Å². The van der Waals surface area contributed by atoms with Gasteiger partial charge in [0.25, 0.3) is 0 Å². The third-order valence-electron chi connectivity index (χ3n) is 2.18. The first kappa shape index (κ1) is 15.3. The van der Waals surface area contributed by atoms with Crippen LogP contribution >= 0.6 is 0 Å². The van der Waals surface area contributed by atoms with E-state index in [9.17, 15) is 31.1 Å². The molecule has 0 saturated carbocycles. The van der Waals surface area contributed by atoms with Gasteiger partial charge in [0, 0.05) is 5.56 Å². The number of carbonyl (C=O) groups excluding carboxylic acids is 1. The predicted molar refractivity (Wildman–Crippen MR) is 53.2 cm³/mol. The lowest BCUT2D eigenvalue weighted by Gasteiger charge is -2.25. The second-order valence-corrected chi connectivity index (χ2v) is 3.61. The molecule has 0 heterocycles. The van der Waals surface area contributed by atoms with E-state index in [1.807, 2.05) is 0 Å². The lowest BCUT2D eigenvalue weighted by Crippen LogP contribution is -2.50. The lowest BCUT2D eigenvalue weighted by molar-refractivity contribution is -0.271. The summed E-state index contributed by atoms with van der Waals surface area (Å²) >= 11 is 0. The minimum Gasteiger partial charge on any atom is -0.487 e. The summed E-state index contributed by atoms with van der Waals surface area (Å²) in [4.78, 5) is 10.4. The zero-order valence-corrected chi connectivity index (χ0v) is 9.26. The van der Waals surface area contributed by atoms with Crippen LogP contribution in [0.5, 0.6) is 5.75 Å². The lowest BCUT2D eigenvalue weighted by atomic mass is 10.2. The van der Waals surface area contributed by atoms with Crippen molar-refractivity contribution in [2.24, 2.45) is 0 Å². The first-order valence-corrected chi connectivity index (χ1v) is 4.92. The number of benzene rings is 1. The third kappa shape index (κ3) is 3.39. The molecule has 0 unspecified atom stereocenters. The maximum atomic E-state index is 12.9. The highest BCUT2D eigenvalue weighted by molar-refractivity contribution is 5.75. The fourth-order valence-electron chi connectivity index (χ4n) is 1.11. The molecule has 0 atom stereocenters. The Bertz CT molecular complexity index is 447. The quantitative estimate of drug-likeness (QED) is 0.591. The van der Waals surface area contributed by atoms with Gasteiger partial charge in [-0.2, -0.15) is 17.6 Å². The zero-order chi connectivity index (χ0) is 14.7. The van der Waals surface area contributed by atoms with Gasteiger partial charge in [-0.3, -0.25) is 4.79 Å². The summed E-state index contributed by atoms with van der Waals surface area (Å²) in [5, 5.41) is 0. The van der Waals surface area contributed by atoms with Crippen molar-refractivity contribution in [1.82, 2.24) is 0 Å². The van der Waals surface area contributed by atoms with E-state index in [1.54, 1.807) is 0 Å². The fraction of sp³-hybridized carbons (Fsp3) is 0.364.